The van der Waals surface area contributed by atoms with Crippen molar-refractivity contribution in [1.82, 2.24) is 15.1 Å². The lowest BCUT2D eigenvalue weighted by Crippen LogP contribution is -2.37. The monoisotopic (exact) mass is 253 g/mol. The fourth-order valence-electron chi connectivity index (χ4n) is 2.20. The molecule has 2 heterocycles. The SMILES string of the molecule is CC(C)c1nn(C)cc1CNCC1COCCO1. The summed E-state index contributed by atoms with van der Waals surface area (Å²) in [5.74, 6) is 0.456. The van der Waals surface area contributed by atoms with Crippen LogP contribution >= 0.6 is 0 Å². The molecule has 1 aliphatic rings. The summed E-state index contributed by atoms with van der Waals surface area (Å²) in [4.78, 5) is 0. The van der Waals surface area contributed by atoms with E-state index in [4.69, 9.17) is 9.47 Å². The van der Waals surface area contributed by atoms with Crippen LogP contribution in [0.3, 0.4) is 0 Å². The number of aryl methyl sites for hydroxylation is 1. The van der Waals surface area contributed by atoms with E-state index in [0.29, 0.717) is 19.1 Å². The second kappa shape index (κ2) is 6.31. The van der Waals surface area contributed by atoms with Gasteiger partial charge in [0.05, 0.1) is 31.6 Å². The van der Waals surface area contributed by atoms with Gasteiger partial charge in [-0.05, 0) is 5.92 Å². The molecule has 1 aromatic rings. The zero-order valence-corrected chi connectivity index (χ0v) is 11.5. The predicted molar refractivity (Wildman–Crippen MR) is 69.6 cm³/mol. The van der Waals surface area contributed by atoms with Crippen molar-refractivity contribution in [1.29, 1.82) is 0 Å². The second-order valence-electron chi connectivity index (χ2n) is 5.07. The Balaban J connectivity index is 1.82. The van der Waals surface area contributed by atoms with Gasteiger partial charge < -0.3 is 14.8 Å². The summed E-state index contributed by atoms with van der Waals surface area (Å²) >= 11 is 0. The van der Waals surface area contributed by atoms with E-state index in [0.717, 1.165) is 19.7 Å². The molecule has 1 unspecified atom stereocenters. The third-order valence-electron chi connectivity index (χ3n) is 3.06. The molecule has 2 rings (SSSR count). The molecule has 1 atom stereocenters. The third-order valence-corrected chi connectivity index (χ3v) is 3.06. The van der Waals surface area contributed by atoms with Crippen LogP contribution < -0.4 is 5.32 Å². The number of rotatable bonds is 5. The minimum atomic E-state index is 0.179. The summed E-state index contributed by atoms with van der Waals surface area (Å²) in [6, 6.07) is 0. The van der Waals surface area contributed by atoms with Crippen LogP contribution in [-0.2, 0) is 23.1 Å². The van der Waals surface area contributed by atoms with Crippen LogP contribution in [0.2, 0.25) is 0 Å². The van der Waals surface area contributed by atoms with Crippen LogP contribution in [0.25, 0.3) is 0 Å². The van der Waals surface area contributed by atoms with E-state index in [9.17, 15) is 0 Å². The standard InChI is InChI=1S/C13H23N3O2/c1-10(2)13-11(8-16(3)15-13)6-14-7-12-9-17-4-5-18-12/h8,10,12,14H,4-7,9H2,1-3H3. The minimum Gasteiger partial charge on any atom is -0.376 e. The van der Waals surface area contributed by atoms with Crippen molar-refractivity contribution < 1.29 is 9.47 Å². The molecule has 18 heavy (non-hydrogen) atoms. The number of ether oxygens (including phenoxy) is 2. The van der Waals surface area contributed by atoms with Gasteiger partial charge in [-0.25, -0.2) is 0 Å². The Morgan fingerprint density at radius 1 is 1.50 bits per heavy atom. The third kappa shape index (κ3) is 3.54. The van der Waals surface area contributed by atoms with Gasteiger partial charge in [-0.1, -0.05) is 13.8 Å². The summed E-state index contributed by atoms with van der Waals surface area (Å²) in [6.45, 7) is 8.12. The molecule has 1 aromatic heterocycles. The maximum Gasteiger partial charge on any atom is 0.0933 e. The van der Waals surface area contributed by atoms with Crippen molar-refractivity contribution in [3.05, 3.63) is 17.5 Å². The summed E-state index contributed by atoms with van der Waals surface area (Å²) in [6.07, 6.45) is 2.26. The normalized spacial score (nSPS) is 20.6. The van der Waals surface area contributed by atoms with Gasteiger partial charge in [0.1, 0.15) is 0 Å². The van der Waals surface area contributed by atoms with Crippen LogP contribution in [-0.4, -0.2) is 42.2 Å². The molecule has 1 N–H and O–H groups in total. The van der Waals surface area contributed by atoms with Crippen molar-refractivity contribution in [3.63, 3.8) is 0 Å². The molecule has 5 heteroatoms. The fraction of sp³-hybridized carbons (Fsp3) is 0.769. The Labute approximate surface area is 108 Å². The number of hydrogen-bond donors (Lipinski definition) is 1. The van der Waals surface area contributed by atoms with Gasteiger partial charge in [-0.15, -0.1) is 0 Å². The molecule has 0 radical (unpaired) electrons. The Morgan fingerprint density at radius 3 is 3.00 bits per heavy atom. The molecule has 1 fully saturated rings. The molecule has 102 valence electrons. The van der Waals surface area contributed by atoms with Crippen molar-refractivity contribution in [2.45, 2.75) is 32.4 Å². The Bertz CT molecular complexity index is 370. The average molecular weight is 253 g/mol. The number of hydrogen-bond acceptors (Lipinski definition) is 4. The average Bonchev–Trinajstić information content (AvgIpc) is 2.72. The highest BCUT2D eigenvalue weighted by atomic mass is 16.6. The number of nitrogens with zero attached hydrogens (tertiary/aromatic N) is 2. The van der Waals surface area contributed by atoms with Gasteiger partial charge in [-0.3, -0.25) is 4.68 Å². The topological polar surface area (TPSA) is 48.3 Å². The van der Waals surface area contributed by atoms with E-state index < -0.39 is 0 Å². The van der Waals surface area contributed by atoms with Crippen LogP contribution in [0.15, 0.2) is 6.20 Å². The summed E-state index contributed by atoms with van der Waals surface area (Å²) < 4.78 is 12.8. The van der Waals surface area contributed by atoms with E-state index in [1.807, 2.05) is 11.7 Å². The summed E-state index contributed by atoms with van der Waals surface area (Å²) in [5, 5.41) is 7.92. The highest BCUT2D eigenvalue weighted by Crippen LogP contribution is 2.16. The molecule has 0 saturated carbocycles. The van der Waals surface area contributed by atoms with Crippen molar-refractivity contribution in [2.75, 3.05) is 26.4 Å². The first kappa shape index (κ1) is 13.5. The quantitative estimate of drug-likeness (QED) is 0.852. The molecule has 0 bridgehead atoms. The molecule has 0 aliphatic carbocycles. The lowest BCUT2D eigenvalue weighted by Gasteiger charge is -2.23. The van der Waals surface area contributed by atoms with Gasteiger partial charge in [-0.2, -0.15) is 5.10 Å². The summed E-state index contributed by atoms with van der Waals surface area (Å²) in [7, 11) is 1.97. The first-order valence-electron chi connectivity index (χ1n) is 6.59. The summed E-state index contributed by atoms with van der Waals surface area (Å²) in [5.41, 5.74) is 2.44. The molecule has 1 saturated heterocycles. The lowest BCUT2D eigenvalue weighted by atomic mass is 10.1. The zero-order chi connectivity index (χ0) is 13.0. The Hall–Kier alpha value is -0.910. The van der Waals surface area contributed by atoms with Crippen molar-refractivity contribution in [3.8, 4) is 0 Å². The largest absolute Gasteiger partial charge is 0.376 e. The van der Waals surface area contributed by atoms with Gasteiger partial charge >= 0.3 is 0 Å². The van der Waals surface area contributed by atoms with Gasteiger partial charge in [0.25, 0.3) is 0 Å². The highest BCUT2D eigenvalue weighted by molar-refractivity contribution is 5.19. The second-order valence-corrected chi connectivity index (χ2v) is 5.07. The van der Waals surface area contributed by atoms with E-state index in [-0.39, 0.29) is 6.10 Å². The fourth-order valence-corrected chi connectivity index (χ4v) is 2.20. The van der Waals surface area contributed by atoms with E-state index in [1.165, 1.54) is 11.3 Å². The lowest BCUT2D eigenvalue weighted by molar-refractivity contribution is -0.0864. The van der Waals surface area contributed by atoms with Crippen molar-refractivity contribution >= 4 is 0 Å². The molecule has 0 spiro atoms. The highest BCUT2D eigenvalue weighted by Gasteiger charge is 2.15. The van der Waals surface area contributed by atoms with Crippen molar-refractivity contribution in [2.24, 2.45) is 7.05 Å². The number of nitrogens with one attached hydrogen (secondary N) is 1. The van der Waals surface area contributed by atoms with Crippen LogP contribution in [0.4, 0.5) is 0 Å². The zero-order valence-electron chi connectivity index (χ0n) is 11.5. The van der Waals surface area contributed by atoms with E-state index >= 15 is 0 Å². The van der Waals surface area contributed by atoms with Crippen LogP contribution in [0.1, 0.15) is 31.0 Å². The Kier molecular flexibility index (Phi) is 4.74. The number of aromatic nitrogens is 2. The minimum absolute atomic E-state index is 0.179. The first-order valence-corrected chi connectivity index (χ1v) is 6.59. The Morgan fingerprint density at radius 2 is 2.33 bits per heavy atom. The van der Waals surface area contributed by atoms with Gasteiger partial charge in [0.15, 0.2) is 0 Å². The predicted octanol–water partition coefficient (Wildman–Crippen LogP) is 1.05. The van der Waals surface area contributed by atoms with Crippen LogP contribution in [0.5, 0.6) is 0 Å². The molecule has 1 aliphatic heterocycles. The van der Waals surface area contributed by atoms with Gasteiger partial charge in [0, 0.05) is 31.9 Å². The van der Waals surface area contributed by atoms with Gasteiger partial charge in [0.2, 0.25) is 0 Å². The smallest absolute Gasteiger partial charge is 0.0933 e. The molecular weight excluding hydrogens is 230 g/mol. The molecule has 0 aromatic carbocycles. The molecule has 5 nitrogen and oxygen atoms in total. The maximum absolute atomic E-state index is 5.59. The van der Waals surface area contributed by atoms with Crippen LogP contribution in [0, 0.1) is 0 Å². The van der Waals surface area contributed by atoms with E-state index in [1.54, 1.807) is 0 Å². The van der Waals surface area contributed by atoms with E-state index in [2.05, 4.69) is 30.5 Å². The maximum atomic E-state index is 5.59. The molecule has 0 amide bonds. The molecular formula is C13H23N3O2. The first-order chi connectivity index (χ1) is 8.66.